The molecule has 2 aliphatic heterocycles. The van der Waals surface area contributed by atoms with Crippen LogP contribution in [0.1, 0.15) is 31.4 Å². The molecule has 1 aromatic rings. The zero-order valence-electron chi connectivity index (χ0n) is 12.6. The first-order chi connectivity index (χ1) is 10.1. The Balaban J connectivity index is 1.88. The summed E-state index contributed by atoms with van der Waals surface area (Å²) < 4.78 is 14.2. The molecule has 2 fully saturated rings. The smallest absolute Gasteiger partial charge is 0.223 e. The highest BCUT2D eigenvalue weighted by Crippen LogP contribution is 2.32. The number of piperazine rings is 1. The Morgan fingerprint density at radius 3 is 2.95 bits per heavy atom. The molecule has 0 aromatic heterocycles. The second-order valence-corrected chi connectivity index (χ2v) is 5.91. The molecule has 1 aromatic carbocycles. The lowest BCUT2D eigenvalue weighted by Crippen LogP contribution is -2.51. The molecule has 0 spiro atoms. The molecular formula is C16H22FN3O. The van der Waals surface area contributed by atoms with Gasteiger partial charge in [0.25, 0.3) is 0 Å². The Kier molecular flexibility index (Phi) is 3.85. The van der Waals surface area contributed by atoms with Crippen LogP contribution in [0.2, 0.25) is 0 Å². The molecule has 4 nitrogen and oxygen atoms in total. The van der Waals surface area contributed by atoms with Crippen LogP contribution in [-0.2, 0) is 4.79 Å². The monoisotopic (exact) mass is 291 g/mol. The van der Waals surface area contributed by atoms with E-state index in [0.29, 0.717) is 6.42 Å². The molecule has 2 unspecified atom stereocenters. The first-order valence-electron chi connectivity index (χ1n) is 7.62. The second kappa shape index (κ2) is 5.64. The largest absolute Gasteiger partial charge is 0.367 e. The zero-order chi connectivity index (χ0) is 15.0. The number of rotatable bonds is 3. The molecular weight excluding hydrogens is 269 g/mol. The molecule has 2 aliphatic rings. The van der Waals surface area contributed by atoms with Crippen LogP contribution in [0.4, 0.5) is 10.1 Å². The van der Waals surface area contributed by atoms with E-state index in [0.717, 1.165) is 37.3 Å². The fourth-order valence-corrected chi connectivity index (χ4v) is 3.46. The van der Waals surface area contributed by atoms with E-state index in [4.69, 9.17) is 0 Å². The summed E-state index contributed by atoms with van der Waals surface area (Å²) in [5, 5.41) is 3.12. The number of anilines is 1. The molecule has 2 atom stereocenters. The predicted octanol–water partition coefficient (Wildman–Crippen LogP) is 1.92. The third kappa shape index (κ3) is 2.50. The highest BCUT2D eigenvalue weighted by atomic mass is 19.1. The molecule has 0 radical (unpaired) electrons. The third-order valence-corrected chi connectivity index (χ3v) is 4.73. The van der Waals surface area contributed by atoms with E-state index >= 15 is 0 Å². The van der Waals surface area contributed by atoms with Crippen LogP contribution in [0.25, 0.3) is 0 Å². The maximum atomic E-state index is 14.2. The Morgan fingerprint density at radius 2 is 2.19 bits per heavy atom. The van der Waals surface area contributed by atoms with Gasteiger partial charge in [-0.05, 0) is 32.5 Å². The molecule has 114 valence electrons. The minimum absolute atomic E-state index is 0.0376. The number of fused-ring (bicyclic) bond motifs is 1. The summed E-state index contributed by atoms with van der Waals surface area (Å²) in [4.78, 5) is 16.0. The minimum atomic E-state index is -0.167. The zero-order valence-corrected chi connectivity index (χ0v) is 12.6. The quantitative estimate of drug-likeness (QED) is 0.924. The lowest BCUT2D eigenvalue weighted by molar-refractivity contribution is -0.129. The first kappa shape index (κ1) is 14.3. The van der Waals surface area contributed by atoms with Crippen molar-refractivity contribution in [3.63, 3.8) is 0 Å². The topological polar surface area (TPSA) is 35.6 Å². The van der Waals surface area contributed by atoms with Crippen molar-refractivity contribution in [1.82, 2.24) is 10.2 Å². The van der Waals surface area contributed by atoms with Gasteiger partial charge in [0.1, 0.15) is 5.82 Å². The number of carbonyl (C=O) groups excluding carboxylic acids is 1. The van der Waals surface area contributed by atoms with Gasteiger partial charge >= 0.3 is 0 Å². The molecule has 0 aliphatic carbocycles. The van der Waals surface area contributed by atoms with Gasteiger partial charge in [0.15, 0.2) is 0 Å². The maximum Gasteiger partial charge on any atom is 0.223 e. The van der Waals surface area contributed by atoms with Crippen molar-refractivity contribution in [3.8, 4) is 0 Å². The van der Waals surface area contributed by atoms with Crippen molar-refractivity contribution < 1.29 is 9.18 Å². The number of nitrogens with one attached hydrogen (secondary N) is 1. The lowest BCUT2D eigenvalue weighted by atomic mass is 10.0. The van der Waals surface area contributed by atoms with Crippen LogP contribution in [0.5, 0.6) is 0 Å². The van der Waals surface area contributed by atoms with Crippen LogP contribution in [0, 0.1) is 5.82 Å². The van der Waals surface area contributed by atoms with E-state index in [9.17, 15) is 9.18 Å². The van der Waals surface area contributed by atoms with Crippen molar-refractivity contribution in [3.05, 3.63) is 29.6 Å². The Morgan fingerprint density at radius 1 is 1.38 bits per heavy atom. The van der Waals surface area contributed by atoms with E-state index in [2.05, 4.69) is 10.2 Å². The van der Waals surface area contributed by atoms with Gasteiger partial charge in [-0.2, -0.15) is 0 Å². The van der Waals surface area contributed by atoms with Crippen LogP contribution in [0.3, 0.4) is 0 Å². The minimum Gasteiger partial charge on any atom is -0.367 e. The number of hydrogen-bond acceptors (Lipinski definition) is 3. The van der Waals surface area contributed by atoms with E-state index in [1.54, 1.807) is 6.07 Å². The summed E-state index contributed by atoms with van der Waals surface area (Å²) in [7, 11) is 1.84. The van der Waals surface area contributed by atoms with Crippen molar-refractivity contribution in [2.24, 2.45) is 0 Å². The third-order valence-electron chi connectivity index (χ3n) is 4.73. The molecule has 1 N–H and O–H groups in total. The SMILES string of the molecule is CNC(C)c1c(F)cccc1N1CCN2C(=O)CCC2C1. The standard InChI is InChI=1S/C16H22FN3O/c1-11(18-2)16-13(17)4-3-5-14(16)19-8-9-20-12(10-19)6-7-15(20)21/h3-5,11-12,18H,6-10H2,1-2H3. The van der Waals surface area contributed by atoms with E-state index < -0.39 is 0 Å². The lowest BCUT2D eigenvalue weighted by Gasteiger charge is -2.40. The number of benzene rings is 1. The number of amides is 1. The molecule has 2 heterocycles. The number of halogens is 1. The van der Waals surface area contributed by atoms with Gasteiger partial charge in [0.2, 0.25) is 5.91 Å². The molecule has 0 bridgehead atoms. The molecule has 21 heavy (non-hydrogen) atoms. The highest BCUT2D eigenvalue weighted by Gasteiger charge is 2.36. The molecule has 0 saturated carbocycles. The summed E-state index contributed by atoms with van der Waals surface area (Å²) in [6.45, 7) is 4.29. The van der Waals surface area contributed by atoms with Crippen molar-refractivity contribution in [2.75, 3.05) is 31.6 Å². The molecule has 3 rings (SSSR count). The van der Waals surface area contributed by atoms with Crippen molar-refractivity contribution >= 4 is 11.6 Å². The van der Waals surface area contributed by atoms with E-state index in [1.165, 1.54) is 6.07 Å². The van der Waals surface area contributed by atoms with Gasteiger partial charge in [0.05, 0.1) is 0 Å². The Hall–Kier alpha value is -1.62. The summed E-state index contributed by atoms with van der Waals surface area (Å²) in [6.07, 6.45) is 1.57. The number of nitrogens with zero attached hydrogens (tertiary/aromatic N) is 2. The van der Waals surface area contributed by atoms with E-state index in [-0.39, 0.29) is 23.8 Å². The molecule has 5 heteroatoms. The van der Waals surface area contributed by atoms with Crippen LogP contribution >= 0.6 is 0 Å². The fraction of sp³-hybridized carbons (Fsp3) is 0.562. The van der Waals surface area contributed by atoms with Crippen LogP contribution in [-0.4, -0.2) is 43.5 Å². The second-order valence-electron chi connectivity index (χ2n) is 5.91. The van der Waals surface area contributed by atoms with Gasteiger partial charge in [-0.25, -0.2) is 4.39 Å². The summed E-state index contributed by atoms with van der Waals surface area (Å²) >= 11 is 0. The molecule has 1 amide bonds. The number of hydrogen-bond donors (Lipinski definition) is 1. The van der Waals surface area contributed by atoms with Crippen LogP contribution < -0.4 is 10.2 Å². The predicted molar refractivity (Wildman–Crippen MR) is 80.8 cm³/mol. The van der Waals surface area contributed by atoms with Gasteiger partial charge in [-0.15, -0.1) is 0 Å². The molecule has 2 saturated heterocycles. The van der Waals surface area contributed by atoms with Crippen molar-refractivity contribution in [2.45, 2.75) is 31.8 Å². The first-order valence-corrected chi connectivity index (χ1v) is 7.62. The summed E-state index contributed by atoms with van der Waals surface area (Å²) in [5.74, 6) is 0.0991. The van der Waals surface area contributed by atoms with Gasteiger partial charge < -0.3 is 15.1 Å². The van der Waals surface area contributed by atoms with Crippen LogP contribution in [0.15, 0.2) is 18.2 Å². The van der Waals surface area contributed by atoms with Gasteiger partial charge in [-0.1, -0.05) is 6.07 Å². The van der Waals surface area contributed by atoms with Gasteiger partial charge in [-0.3, -0.25) is 4.79 Å². The Labute approximate surface area is 124 Å². The number of carbonyl (C=O) groups is 1. The van der Waals surface area contributed by atoms with Gasteiger partial charge in [0, 0.05) is 49.4 Å². The van der Waals surface area contributed by atoms with Crippen molar-refractivity contribution in [1.29, 1.82) is 0 Å². The summed E-state index contributed by atoms with van der Waals surface area (Å²) in [6, 6.07) is 5.51. The van der Waals surface area contributed by atoms with E-state index in [1.807, 2.05) is 24.9 Å². The summed E-state index contributed by atoms with van der Waals surface area (Å²) in [5.41, 5.74) is 1.67. The average molecular weight is 291 g/mol. The maximum absolute atomic E-state index is 14.2. The average Bonchev–Trinajstić information content (AvgIpc) is 2.87. The normalized spacial score (nSPS) is 23.4. The Bertz CT molecular complexity index is 548. The fourth-order valence-electron chi connectivity index (χ4n) is 3.46. The highest BCUT2D eigenvalue weighted by molar-refractivity contribution is 5.79.